The average molecular weight is 801 g/mol. The van der Waals surface area contributed by atoms with Gasteiger partial charge in [0.2, 0.25) is 0 Å². The molecule has 0 aliphatic rings. The molecule has 0 spiro atoms. The van der Waals surface area contributed by atoms with Gasteiger partial charge in [-0.15, -0.1) is 10.2 Å². The molecule has 21 heteroatoms. The molecule has 0 fully saturated rings. The maximum Gasteiger partial charge on any atom is 0.296 e. The van der Waals surface area contributed by atoms with E-state index < -0.39 is 57.8 Å². The second-order valence-electron chi connectivity index (χ2n) is 11.2. The number of nitrogens with zero attached hydrogens (tertiary/aromatic N) is 7. The van der Waals surface area contributed by atoms with Crippen molar-refractivity contribution in [2.45, 2.75) is 19.6 Å². The fraction of sp³-hybridized carbons (Fsp3) is 0. The summed E-state index contributed by atoms with van der Waals surface area (Å²) in [5.41, 5.74) is 5.41. The number of hydrogen-bond donors (Lipinski definition) is 5. The normalized spacial score (nSPS) is 12.3. The molecule has 0 aliphatic carbocycles. The predicted molar refractivity (Wildman–Crippen MR) is 200 cm³/mol. The summed E-state index contributed by atoms with van der Waals surface area (Å²) in [6.07, 6.45) is 0. The average Bonchev–Trinajstić information content (AvgIpc) is 3.14. The van der Waals surface area contributed by atoms with Gasteiger partial charge in [-0.25, -0.2) is 0 Å². The van der Waals surface area contributed by atoms with Crippen LogP contribution in [0, 0.1) is 10.1 Å². The van der Waals surface area contributed by atoms with Crippen LogP contribution in [0.3, 0.4) is 0 Å². The van der Waals surface area contributed by atoms with Gasteiger partial charge in [0.05, 0.1) is 38.7 Å². The Hall–Kier alpha value is -6.65. The lowest BCUT2D eigenvalue weighted by Gasteiger charge is -2.14. The number of nitro benzene ring substituents is 1. The zero-order valence-corrected chi connectivity index (χ0v) is 30.0. The van der Waals surface area contributed by atoms with Crippen molar-refractivity contribution in [1.82, 2.24) is 0 Å². The minimum atomic E-state index is -5.12. The number of aromatic hydroxyl groups is 2. The molecule has 0 unspecified atom stereocenters. The van der Waals surface area contributed by atoms with Crippen LogP contribution in [0.25, 0.3) is 10.8 Å². The summed E-state index contributed by atoms with van der Waals surface area (Å²) in [6, 6.07) is 26.2. The van der Waals surface area contributed by atoms with E-state index in [0.717, 1.165) is 34.1 Å². The number of benzene rings is 6. The maximum absolute atomic E-state index is 12.4. The fourth-order valence-electron chi connectivity index (χ4n) is 4.89. The molecule has 6 N–H and O–H groups in total. The Bertz CT molecular complexity index is 2760. The second kappa shape index (κ2) is 15.4. The lowest BCUT2D eigenvalue weighted by Crippen LogP contribution is -2.03. The van der Waals surface area contributed by atoms with Crippen molar-refractivity contribution >= 4 is 88.3 Å². The summed E-state index contributed by atoms with van der Waals surface area (Å²) in [5.74, 6) is -0.808. The van der Waals surface area contributed by atoms with Gasteiger partial charge in [0.25, 0.3) is 25.9 Å². The molecule has 0 radical (unpaired) electrons. The van der Waals surface area contributed by atoms with Crippen molar-refractivity contribution in [2.75, 3.05) is 5.73 Å². The van der Waals surface area contributed by atoms with Gasteiger partial charge in [0.1, 0.15) is 26.9 Å². The molecule has 0 aromatic heterocycles. The first kappa shape index (κ1) is 38.1. The number of hydrogen-bond acceptors (Lipinski definition) is 16. The SMILES string of the molecule is Nc1c(N=Nc2ccc([N+](=O)[O-])cc2)c(S(=O)(=O)O)cc2cc(S(=O)(=O)O)c(N=Nc3ccc(Sc4ccc(N=Nc5ccc(O)cc5)cc4)cc3)c(O)c12. The van der Waals surface area contributed by atoms with Crippen molar-refractivity contribution in [1.29, 1.82) is 0 Å². The molecule has 55 heavy (non-hydrogen) atoms. The van der Waals surface area contributed by atoms with E-state index in [4.69, 9.17) is 5.73 Å². The first-order chi connectivity index (χ1) is 26.1. The van der Waals surface area contributed by atoms with Crippen LogP contribution in [0.5, 0.6) is 11.5 Å². The van der Waals surface area contributed by atoms with Crippen LogP contribution in [0.2, 0.25) is 0 Å². The number of azo groups is 3. The number of phenolic OH excluding ortho intramolecular Hbond substituents is 2. The Morgan fingerprint density at radius 2 is 0.964 bits per heavy atom. The van der Waals surface area contributed by atoms with E-state index in [-0.39, 0.29) is 33.6 Å². The molecular weight excluding hydrogens is 777 g/mol. The number of anilines is 1. The van der Waals surface area contributed by atoms with Crippen LogP contribution >= 0.6 is 11.8 Å². The van der Waals surface area contributed by atoms with Crippen molar-refractivity contribution in [3.63, 3.8) is 0 Å². The Labute approximate surface area is 315 Å². The molecule has 278 valence electrons. The third-order valence-electron chi connectivity index (χ3n) is 7.50. The van der Waals surface area contributed by atoms with E-state index in [2.05, 4.69) is 30.7 Å². The van der Waals surface area contributed by atoms with Gasteiger partial charge in [-0.1, -0.05) is 11.8 Å². The summed E-state index contributed by atoms with van der Waals surface area (Å²) in [5, 5.41) is 54.8. The molecule has 0 saturated carbocycles. The summed E-state index contributed by atoms with van der Waals surface area (Å²) in [4.78, 5) is 10.1. The molecule has 0 bridgehead atoms. The Morgan fingerprint density at radius 3 is 1.40 bits per heavy atom. The third kappa shape index (κ3) is 8.94. The molecule has 6 aromatic rings. The quantitative estimate of drug-likeness (QED) is 0.0269. The lowest BCUT2D eigenvalue weighted by molar-refractivity contribution is -0.384. The topological polar surface area (TPSA) is 293 Å². The molecule has 6 rings (SSSR count). The highest BCUT2D eigenvalue weighted by Gasteiger charge is 2.28. The molecule has 0 saturated heterocycles. The van der Waals surface area contributed by atoms with Gasteiger partial charge in [0, 0.05) is 21.9 Å². The molecule has 0 aliphatic heterocycles. The predicted octanol–water partition coefficient (Wildman–Crippen LogP) is 9.63. The summed E-state index contributed by atoms with van der Waals surface area (Å²) in [6.45, 7) is 0. The van der Waals surface area contributed by atoms with Gasteiger partial charge in [-0.05, 0) is 102 Å². The van der Waals surface area contributed by atoms with Crippen molar-refractivity contribution in [2.24, 2.45) is 30.7 Å². The van der Waals surface area contributed by atoms with Crippen LogP contribution < -0.4 is 5.73 Å². The summed E-state index contributed by atoms with van der Waals surface area (Å²) >= 11 is 1.41. The Morgan fingerprint density at radius 1 is 0.582 bits per heavy atom. The van der Waals surface area contributed by atoms with Crippen molar-refractivity contribution in [3.05, 3.63) is 119 Å². The van der Waals surface area contributed by atoms with E-state index in [0.29, 0.717) is 11.4 Å². The third-order valence-corrected chi connectivity index (χ3v) is 10.3. The van der Waals surface area contributed by atoms with Crippen LogP contribution in [-0.2, 0) is 20.2 Å². The zero-order valence-electron chi connectivity index (χ0n) is 27.6. The Balaban J connectivity index is 1.29. The van der Waals surface area contributed by atoms with Gasteiger partial charge < -0.3 is 15.9 Å². The van der Waals surface area contributed by atoms with E-state index in [1.807, 2.05) is 12.1 Å². The summed E-state index contributed by atoms with van der Waals surface area (Å²) < 4.78 is 69.5. The maximum atomic E-state index is 12.4. The largest absolute Gasteiger partial charge is 0.508 e. The molecule has 0 amide bonds. The molecule has 0 atom stereocenters. The highest BCUT2D eigenvalue weighted by Crippen LogP contribution is 2.48. The van der Waals surface area contributed by atoms with E-state index in [9.17, 15) is 46.3 Å². The highest BCUT2D eigenvalue weighted by molar-refractivity contribution is 7.99. The number of nitro groups is 1. The molecular formula is C34H24N8O10S3. The van der Waals surface area contributed by atoms with Crippen molar-refractivity contribution < 1.29 is 41.1 Å². The van der Waals surface area contributed by atoms with E-state index >= 15 is 0 Å². The van der Waals surface area contributed by atoms with Crippen LogP contribution in [0.15, 0.2) is 159 Å². The monoisotopic (exact) mass is 800 g/mol. The first-order valence-electron chi connectivity index (χ1n) is 15.3. The number of nitrogen functional groups attached to an aromatic ring is 1. The van der Waals surface area contributed by atoms with Crippen molar-refractivity contribution in [3.8, 4) is 11.5 Å². The molecule has 18 nitrogen and oxygen atoms in total. The van der Waals surface area contributed by atoms with Crippen LogP contribution in [-0.4, -0.2) is 41.1 Å². The summed E-state index contributed by atoms with van der Waals surface area (Å²) in [7, 11) is -10.2. The standard InChI is InChI=1S/C34H24N8O10S3/c35-31-30-19(17-28(54(47,48)49)32(31)40-38-20-1-9-24(10-2-20)42(45)46)18-29(55(50,51)52)33(34(30)44)41-39-23-7-15-27(16-8-23)53-26-13-5-22(6-14-26)37-36-21-3-11-25(43)12-4-21/h1-18,43-44H,35H2,(H,47,48,49)(H,50,51,52). The number of nitrogens with two attached hydrogens (primary N) is 1. The minimum absolute atomic E-state index is 0.0274. The van der Waals surface area contributed by atoms with Gasteiger partial charge in [-0.2, -0.15) is 37.3 Å². The fourth-order valence-corrected chi connectivity index (χ4v) is 7.04. The van der Waals surface area contributed by atoms with Gasteiger partial charge in [-0.3, -0.25) is 19.2 Å². The smallest absolute Gasteiger partial charge is 0.296 e. The highest BCUT2D eigenvalue weighted by atomic mass is 32.2. The van der Waals surface area contributed by atoms with Gasteiger partial charge >= 0.3 is 0 Å². The second-order valence-corrected chi connectivity index (χ2v) is 15.2. The number of rotatable bonds is 11. The number of phenols is 2. The lowest BCUT2D eigenvalue weighted by atomic mass is 10.1. The molecule has 0 heterocycles. The first-order valence-corrected chi connectivity index (χ1v) is 19.0. The van der Waals surface area contributed by atoms with E-state index in [1.54, 1.807) is 48.5 Å². The zero-order chi connectivity index (χ0) is 39.5. The number of non-ortho nitro benzene ring substituents is 1. The molecule has 6 aromatic carbocycles. The van der Waals surface area contributed by atoms with E-state index in [1.165, 1.54) is 36.0 Å². The number of fused-ring (bicyclic) bond motifs is 1. The van der Waals surface area contributed by atoms with Crippen LogP contribution in [0.1, 0.15) is 0 Å². The van der Waals surface area contributed by atoms with Gasteiger partial charge in [0.15, 0.2) is 5.75 Å². The Kier molecular flexibility index (Phi) is 10.6. The minimum Gasteiger partial charge on any atom is -0.508 e. The van der Waals surface area contributed by atoms with Crippen LogP contribution in [0.4, 0.5) is 45.5 Å².